The molecule has 150 valence electrons. The molecule has 1 saturated carbocycles. The number of carboxylic acids is 1. The first-order chi connectivity index (χ1) is 12.7. The molecular formula is C21H32N2O4. The van der Waals surface area contributed by atoms with E-state index >= 15 is 0 Å². The molecule has 1 aliphatic rings. The summed E-state index contributed by atoms with van der Waals surface area (Å²) in [7, 11) is 0. The van der Waals surface area contributed by atoms with Crippen LogP contribution in [0.1, 0.15) is 58.1 Å². The van der Waals surface area contributed by atoms with Crippen LogP contribution in [0.3, 0.4) is 0 Å². The number of carbonyl (C=O) groups is 2. The van der Waals surface area contributed by atoms with Crippen LogP contribution in [0.25, 0.3) is 0 Å². The van der Waals surface area contributed by atoms with Crippen molar-refractivity contribution in [1.82, 2.24) is 5.32 Å². The third kappa shape index (κ3) is 6.63. The number of carbonyl (C=O) groups excluding carboxylic acids is 1. The van der Waals surface area contributed by atoms with E-state index in [9.17, 15) is 14.7 Å². The third-order valence-corrected chi connectivity index (χ3v) is 5.07. The number of benzene rings is 1. The normalized spacial score (nSPS) is 22.7. The van der Waals surface area contributed by atoms with Crippen LogP contribution in [-0.2, 0) is 14.3 Å². The summed E-state index contributed by atoms with van der Waals surface area (Å²) in [5.41, 5.74) is 6.34. The van der Waals surface area contributed by atoms with E-state index in [1.54, 1.807) is 0 Å². The molecule has 6 nitrogen and oxygen atoms in total. The Morgan fingerprint density at radius 3 is 2.30 bits per heavy atom. The number of hydrogen-bond acceptors (Lipinski definition) is 5. The highest BCUT2D eigenvalue weighted by Crippen LogP contribution is 2.31. The molecule has 4 N–H and O–H groups in total. The van der Waals surface area contributed by atoms with E-state index in [4.69, 9.17) is 10.5 Å². The van der Waals surface area contributed by atoms with Crippen LogP contribution in [-0.4, -0.2) is 35.2 Å². The first kappa shape index (κ1) is 21.4. The SMILES string of the molecule is CC(C)(C)OC(=O)C(N)C1CCC(CN[C@H](C(=O)O)c2ccccc2)CC1. The molecule has 6 heteroatoms. The number of nitrogens with one attached hydrogen (secondary N) is 1. The molecule has 2 rings (SSSR count). The van der Waals surface area contributed by atoms with E-state index in [1.807, 2.05) is 51.1 Å². The Bertz CT molecular complexity index is 619. The lowest BCUT2D eigenvalue weighted by Gasteiger charge is -2.33. The lowest BCUT2D eigenvalue weighted by Crippen LogP contribution is -2.44. The molecule has 0 saturated heterocycles. The minimum atomic E-state index is -0.873. The van der Waals surface area contributed by atoms with Crippen LogP contribution in [0.4, 0.5) is 0 Å². The van der Waals surface area contributed by atoms with Crippen molar-refractivity contribution in [2.45, 2.75) is 64.1 Å². The predicted octanol–water partition coefficient (Wildman–Crippen LogP) is 2.88. The number of esters is 1. The van der Waals surface area contributed by atoms with E-state index in [-0.39, 0.29) is 11.9 Å². The van der Waals surface area contributed by atoms with Crippen LogP contribution in [0.2, 0.25) is 0 Å². The molecule has 0 bridgehead atoms. The number of ether oxygens (including phenoxy) is 1. The summed E-state index contributed by atoms with van der Waals surface area (Å²) < 4.78 is 5.39. The molecule has 0 aliphatic heterocycles. The van der Waals surface area contributed by atoms with Gasteiger partial charge in [0.1, 0.15) is 17.7 Å². The predicted molar refractivity (Wildman–Crippen MR) is 104 cm³/mol. The van der Waals surface area contributed by atoms with E-state index < -0.39 is 23.7 Å². The number of carboxylic acid groups (broad SMARTS) is 1. The molecule has 2 atom stereocenters. The fraction of sp³-hybridized carbons (Fsp3) is 0.619. The maximum Gasteiger partial charge on any atom is 0.325 e. The Morgan fingerprint density at radius 2 is 1.78 bits per heavy atom. The molecule has 1 aromatic carbocycles. The molecule has 27 heavy (non-hydrogen) atoms. The number of aliphatic carboxylic acids is 1. The van der Waals surface area contributed by atoms with E-state index in [0.717, 1.165) is 31.2 Å². The van der Waals surface area contributed by atoms with Gasteiger partial charge in [0, 0.05) is 0 Å². The monoisotopic (exact) mass is 376 g/mol. The number of hydrogen-bond donors (Lipinski definition) is 3. The highest BCUT2D eigenvalue weighted by Gasteiger charge is 2.32. The summed E-state index contributed by atoms with van der Waals surface area (Å²) in [6, 6.07) is 7.91. The van der Waals surface area contributed by atoms with Gasteiger partial charge in [0.15, 0.2) is 0 Å². The Kier molecular flexibility index (Phi) is 7.39. The second kappa shape index (κ2) is 9.33. The molecule has 0 aromatic heterocycles. The van der Waals surface area contributed by atoms with E-state index in [1.165, 1.54) is 0 Å². The van der Waals surface area contributed by atoms with Crippen molar-refractivity contribution in [2.24, 2.45) is 17.6 Å². The van der Waals surface area contributed by atoms with Gasteiger partial charge in [0.2, 0.25) is 0 Å². The first-order valence-corrected chi connectivity index (χ1v) is 9.67. The lowest BCUT2D eigenvalue weighted by molar-refractivity contribution is -0.158. The molecule has 1 unspecified atom stereocenters. The number of nitrogens with two attached hydrogens (primary N) is 1. The van der Waals surface area contributed by atoms with Gasteiger partial charge in [-0.15, -0.1) is 0 Å². The van der Waals surface area contributed by atoms with Crippen molar-refractivity contribution < 1.29 is 19.4 Å². The zero-order chi connectivity index (χ0) is 20.0. The fourth-order valence-corrected chi connectivity index (χ4v) is 3.59. The van der Waals surface area contributed by atoms with Crippen molar-refractivity contribution in [2.75, 3.05) is 6.54 Å². The zero-order valence-electron chi connectivity index (χ0n) is 16.5. The zero-order valence-corrected chi connectivity index (χ0v) is 16.5. The van der Waals surface area contributed by atoms with Crippen molar-refractivity contribution >= 4 is 11.9 Å². The largest absolute Gasteiger partial charge is 0.480 e. The highest BCUT2D eigenvalue weighted by atomic mass is 16.6. The fourth-order valence-electron chi connectivity index (χ4n) is 3.59. The van der Waals surface area contributed by atoms with Gasteiger partial charge in [-0.25, -0.2) is 0 Å². The lowest BCUT2D eigenvalue weighted by atomic mass is 9.78. The van der Waals surface area contributed by atoms with Crippen LogP contribution in [0, 0.1) is 11.8 Å². The molecule has 0 heterocycles. The average molecular weight is 376 g/mol. The summed E-state index contributed by atoms with van der Waals surface area (Å²) in [4.78, 5) is 23.7. The van der Waals surface area contributed by atoms with Crippen LogP contribution < -0.4 is 11.1 Å². The average Bonchev–Trinajstić information content (AvgIpc) is 2.61. The number of rotatable bonds is 7. The summed E-state index contributed by atoms with van der Waals surface area (Å²) in [6.07, 6.45) is 3.57. The summed E-state index contributed by atoms with van der Waals surface area (Å²) in [5, 5.41) is 12.7. The van der Waals surface area contributed by atoms with Crippen LogP contribution in [0.15, 0.2) is 30.3 Å². The Morgan fingerprint density at radius 1 is 1.19 bits per heavy atom. The second-order valence-electron chi connectivity index (χ2n) is 8.43. The van der Waals surface area contributed by atoms with Gasteiger partial charge in [-0.2, -0.15) is 0 Å². The summed E-state index contributed by atoms with van der Waals surface area (Å²) >= 11 is 0. The van der Waals surface area contributed by atoms with Crippen molar-refractivity contribution in [3.05, 3.63) is 35.9 Å². The highest BCUT2D eigenvalue weighted by molar-refractivity contribution is 5.76. The molecule has 0 spiro atoms. The van der Waals surface area contributed by atoms with Crippen molar-refractivity contribution in [3.63, 3.8) is 0 Å². The second-order valence-corrected chi connectivity index (χ2v) is 8.43. The Labute approximate surface area is 161 Å². The maximum absolute atomic E-state index is 12.2. The van der Waals surface area contributed by atoms with Crippen molar-refractivity contribution in [3.8, 4) is 0 Å². The van der Waals surface area contributed by atoms with Gasteiger partial charge in [-0.1, -0.05) is 30.3 Å². The third-order valence-electron chi connectivity index (χ3n) is 5.07. The van der Waals surface area contributed by atoms with E-state index in [2.05, 4.69) is 5.32 Å². The van der Waals surface area contributed by atoms with E-state index in [0.29, 0.717) is 12.5 Å². The minimum absolute atomic E-state index is 0.125. The standard InChI is InChI=1S/C21H32N2O4/c1-21(2,3)27-20(26)17(22)15-11-9-14(10-12-15)13-23-18(19(24)25)16-7-5-4-6-8-16/h4-8,14-15,17-18,23H,9-13,22H2,1-3H3,(H,24,25)/t14?,15?,17?,18-/m0/s1. The molecule has 0 radical (unpaired) electrons. The molecule has 1 aromatic rings. The van der Waals surface area contributed by atoms with Crippen LogP contribution >= 0.6 is 0 Å². The topological polar surface area (TPSA) is 102 Å². The molecule has 1 aliphatic carbocycles. The maximum atomic E-state index is 12.2. The van der Waals surface area contributed by atoms with Gasteiger partial charge in [0.25, 0.3) is 0 Å². The van der Waals surface area contributed by atoms with Gasteiger partial charge >= 0.3 is 11.9 Å². The van der Waals surface area contributed by atoms with Gasteiger partial charge in [-0.05, 0) is 70.4 Å². The minimum Gasteiger partial charge on any atom is -0.480 e. The summed E-state index contributed by atoms with van der Waals surface area (Å²) in [5.74, 6) is -0.695. The smallest absolute Gasteiger partial charge is 0.325 e. The molecule has 1 fully saturated rings. The Hall–Kier alpha value is -1.92. The Balaban J connectivity index is 1.82. The summed E-state index contributed by atoms with van der Waals surface area (Å²) in [6.45, 7) is 6.16. The molecular weight excluding hydrogens is 344 g/mol. The quantitative estimate of drug-likeness (QED) is 0.633. The van der Waals surface area contributed by atoms with Gasteiger partial charge in [0.05, 0.1) is 0 Å². The van der Waals surface area contributed by atoms with Gasteiger partial charge in [-0.3, -0.25) is 9.59 Å². The molecule has 0 amide bonds. The van der Waals surface area contributed by atoms with Gasteiger partial charge < -0.3 is 20.9 Å². The van der Waals surface area contributed by atoms with Crippen molar-refractivity contribution in [1.29, 1.82) is 0 Å². The first-order valence-electron chi connectivity index (χ1n) is 9.67. The van der Waals surface area contributed by atoms with Crippen LogP contribution in [0.5, 0.6) is 0 Å².